The standard InChI is InChI=1S/C12H19N5O/c1-8-9-10(16(3)15-8)17(11(13)14-9)7-12(2)5-4-6-18-12/h4-7H2,1-3H3,(H2,13,14). The van der Waals surface area contributed by atoms with E-state index >= 15 is 0 Å². The van der Waals surface area contributed by atoms with E-state index in [0.717, 1.165) is 42.9 Å². The third-order valence-electron chi connectivity index (χ3n) is 3.71. The van der Waals surface area contributed by atoms with Crippen LogP contribution in [0.1, 0.15) is 25.5 Å². The molecule has 18 heavy (non-hydrogen) atoms. The SMILES string of the molecule is Cc1nn(C)c2c1nc(N)n2CC1(C)CCCO1. The number of nitrogen functional groups attached to an aromatic ring is 1. The molecule has 0 bridgehead atoms. The topological polar surface area (TPSA) is 70.9 Å². The molecule has 1 fully saturated rings. The van der Waals surface area contributed by atoms with E-state index in [-0.39, 0.29) is 5.60 Å². The Balaban J connectivity index is 2.08. The molecule has 0 radical (unpaired) electrons. The van der Waals surface area contributed by atoms with Gasteiger partial charge in [0.1, 0.15) is 5.52 Å². The highest BCUT2D eigenvalue weighted by molar-refractivity contribution is 5.77. The van der Waals surface area contributed by atoms with Gasteiger partial charge in [-0.3, -0.25) is 9.25 Å². The molecule has 0 spiro atoms. The van der Waals surface area contributed by atoms with Gasteiger partial charge in [0.25, 0.3) is 0 Å². The van der Waals surface area contributed by atoms with Crippen LogP contribution >= 0.6 is 0 Å². The van der Waals surface area contributed by atoms with Crippen LogP contribution in [0.3, 0.4) is 0 Å². The predicted octanol–water partition coefficient (Wildman–Crippen LogP) is 1.23. The van der Waals surface area contributed by atoms with Crippen molar-refractivity contribution in [1.82, 2.24) is 19.3 Å². The zero-order valence-electron chi connectivity index (χ0n) is 11.1. The molecule has 6 nitrogen and oxygen atoms in total. The molecule has 2 aromatic heterocycles. The summed E-state index contributed by atoms with van der Waals surface area (Å²) in [7, 11) is 1.92. The number of imidazole rings is 1. The van der Waals surface area contributed by atoms with Gasteiger partial charge in [-0.1, -0.05) is 0 Å². The van der Waals surface area contributed by atoms with Crippen LogP contribution in [0, 0.1) is 6.92 Å². The van der Waals surface area contributed by atoms with Gasteiger partial charge < -0.3 is 10.5 Å². The van der Waals surface area contributed by atoms with Crippen molar-refractivity contribution in [1.29, 1.82) is 0 Å². The van der Waals surface area contributed by atoms with E-state index in [2.05, 4.69) is 17.0 Å². The Morgan fingerprint density at radius 3 is 2.94 bits per heavy atom. The number of nitrogens with two attached hydrogens (primary N) is 1. The summed E-state index contributed by atoms with van der Waals surface area (Å²) in [5.41, 5.74) is 8.66. The zero-order valence-corrected chi connectivity index (χ0v) is 11.1. The van der Waals surface area contributed by atoms with E-state index < -0.39 is 0 Å². The first-order chi connectivity index (χ1) is 8.50. The average Bonchev–Trinajstić information content (AvgIpc) is 2.91. The van der Waals surface area contributed by atoms with Crippen LogP contribution in [0.4, 0.5) is 5.95 Å². The monoisotopic (exact) mass is 249 g/mol. The predicted molar refractivity (Wildman–Crippen MR) is 69.2 cm³/mol. The molecule has 0 amide bonds. The Labute approximate surface area is 106 Å². The largest absolute Gasteiger partial charge is 0.373 e. The number of anilines is 1. The van der Waals surface area contributed by atoms with Gasteiger partial charge in [-0.15, -0.1) is 0 Å². The summed E-state index contributed by atoms with van der Waals surface area (Å²) in [6.07, 6.45) is 2.17. The summed E-state index contributed by atoms with van der Waals surface area (Å²) in [6, 6.07) is 0. The molecular formula is C12H19N5O. The fraction of sp³-hybridized carbons (Fsp3) is 0.667. The summed E-state index contributed by atoms with van der Waals surface area (Å²) >= 11 is 0. The Bertz CT molecular complexity index is 591. The van der Waals surface area contributed by atoms with Gasteiger partial charge in [0.2, 0.25) is 5.95 Å². The Morgan fingerprint density at radius 1 is 1.50 bits per heavy atom. The average molecular weight is 249 g/mol. The number of rotatable bonds is 2. The lowest BCUT2D eigenvalue weighted by atomic mass is 10.0. The summed E-state index contributed by atoms with van der Waals surface area (Å²) < 4.78 is 9.68. The highest BCUT2D eigenvalue weighted by Crippen LogP contribution is 2.30. The lowest BCUT2D eigenvalue weighted by molar-refractivity contribution is 0.00730. The summed E-state index contributed by atoms with van der Waals surface area (Å²) in [4.78, 5) is 4.41. The maximum atomic E-state index is 6.03. The van der Waals surface area contributed by atoms with Gasteiger partial charge in [-0.05, 0) is 26.7 Å². The van der Waals surface area contributed by atoms with Crippen LogP contribution in [-0.2, 0) is 18.3 Å². The first-order valence-corrected chi connectivity index (χ1v) is 6.29. The van der Waals surface area contributed by atoms with Crippen molar-refractivity contribution in [2.45, 2.75) is 38.8 Å². The van der Waals surface area contributed by atoms with E-state index in [4.69, 9.17) is 10.5 Å². The van der Waals surface area contributed by atoms with Crippen molar-refractivity contribution in [2.24, 2.45) is 7.05 Å². The lowest BCUT2D eigenvalue weighted by Crippen LogP contribution is -2.30. The van der Waals surface area contributed by atoms with Crippen molar-refractivity contribution in [3.8, 4) is 0 Å². The van der Waals surface area contributed by atoms with Crippen molar-refractivity contribution < 1.29 is 4.74 Å². The maximum absolute atomic E-state index is 6.03. The van der Waals surface area contributed by atoms with Crippen LogP contribution in [0.5, 0.6) is 0 Å². The van der Waals surface area contributed by atoms with Crippen molar-refractivity contribution in [2.75, 3.05) is 12.3 Å². The van der Waals surface area contributed by atoms with Gasteiger partial charge in [0.05, 0.1) is 17.8 Å². The number of hydrogen-bond donors (Lipinski definition) is 1. The Kier molecular flexibility index (Phi) is 2.38. The molecule has 1 atom stereocenters. The molecular weight excluding hydrogens is 230 g/mol. The number of fused-ring (bicyclic) bond motifs is 1. The third-order valence-corrected chi connectivity index (χ3v) is 3.71. The minimum absolute atomic E-state index is 0.139. The number of ether oxygens (including phenoxy) is 1. The summed E-state index contributed by atoms with van der Waals surface area (Å²) in [5, 5.41) is 4.39. The van der Waals surface area contributed by atoms with Crippen molar-refractivity contribution >= 4 is 17.1 Å². The second-order valence-corrected chi connectivity index (χ2v) is 5.34. The van der Waals surface area contributed by atoms with Crippen molar-refractivity contribution in [3.63, 3.8) is 0 Å². The molecule has 1 aliphatic rings. The molecule has 1 unspecified atom stereocenters. The second kappa shape index (κ2) is 3.71. The minimum Gasteiger partial charge on any atom is -0.373 e. The molecule has 0 saturated carbocycles. The molecule has 0 aromatic carbocycles. The van der Waals surface area contributed by atoms with E-state index in [9.17, 15) is 0 Å². The molecule has 2 aromatic rings. The Hall–Kier alpha value is -1.56. The second-order valence-electron chi connectivity index (χ2n) is 5.34. The van der Waals surface area contributed by atoms with E-state index in [1.54, 1.807) is 0 Å². The highest BCUT2D eigenvalue weighted by atomic mass is 16.5. The quantitative estimate of drug-likeness (QED) is 0.869. The van der Waals surface area contributed by atoms with Gasteiger partial charge in [-0.2, -0.15) is 5.10 Å². The molecule has 0 aliphatic carbocycles. The molecule has 1 saturated heterocycles. The number of aromatic nitrogens is 4. The fourth-order valence-corrected chi connectivity index (χ4v) is 2.80. The van der Waals surface area contributed by atoms with Gasteiger partial charge in [0.15, 0.2) is 5.65 Å². The van der Waals surface area contributed by atoms with E-state index in [1.807, 2.05) is 23.2 Å². The smallest absolute Gasteiger partial charge is 0.202 e. The molecule has 3 heterocycles. The number of hydrogen-bond acceptors (Lipinski definition) is 4. The summed E-state index contributed by atoms with van der Waals surface area (Å²) in [6.45, 7) is 5.65. The molecule has 98 valence electrons. The molecule has 3 rings (SSSR count). The molecule has 1 aliphatic heterocycles. The summed E-state index contributed by atoms with van der Waals surface area (Å²) in [5.74, 6) is 0.540. The molecule has 2 N–H and O–H groups in total. The normalized spacial score (nSPS) is 24.2. The number of nitrogens with zero attached hydrogens (tertiary/aromatic N) is 4. The van der Waals surface area contributed by atoms with Gasteiger partial charge in [0, 0.05) is 13.7 Å². The minimum atomic E-state index is -0.139. The van der Waals surface area contributed by atoms with Gasteiger partial charge in [-0.25, -0.2) is 4.98 Å². The van der Waals surface area contributed by atoms with E-state index in [0.29, 0.717) is 5.95 Å². The van der Waals surface area contributed by atoms with Crippen LogP contribution in [0.2, 0.25) is 0 Å². The Morgan fingerprint density at radius 2 is 2.28 bits per heavy atom. The van der Waals surface area contributed by atoms with Crippen LogP contribution < -0.4 is 5.73 Å². The first-order valence-electron chi connectivity index (χ1n) is 6.29. The van der Waals surface area contributed by atoms with Crippen LogP contribution in [0.15, 0.2) is 0 Å². The zero-order chi connectivity index (χ0) is 12.9. The fourth-order valence-electron chi connectivity index (χ4n) is 2.80. The first kappa shape index (κ1) is 11.5. The van der Waals surface area contributed by atoms with Gasteiger partial charge >= 0.3 is 0 Å². The highest BCUT2D eigenvalue weighted by Gasteiger charge is 2.32. The van der Waals surface area contributed by atoms with Crippen molar-refractivity contribution in [3.05, 3.63) is 5.69 Å². The number of aryl methyl sites for hydroxylation is 2. The van der Waals surface area contributed by atoms with E-state index in [1.165, 1.54) is 0 Å². The van der Waals surface area contributed by atoms with Crippen LogP contribution in [-0.4, -0.2) is 31.5 Å². The molecule has 6 heteroatoms. The van der Waals surface area contributed by atoms with Crippen LogP contribution in [0.25, 0.3) is 11.2 Å². The lowest BCUT2D eigenvalue weighted by Gasteiger charge is -2.24. The maximum Gasteiger partial charge on any atom is 0.202 e. The third kappa shape index (κ3) is 1.59.